The molecule has 0 amide bonds. The molecule has 0 saturated carbocycles. The molecule has 0 atom stereocenters. The molecule has 2 heterocycles. The molecule has 7 heteroatoms. The first-order chi connectivity index (χ1) is 10.5. The van der Waals surface area contributed by atoms with Gasteiger partial charge in [-0.1, -0.05) is 0 Å². The van der Waals surface area contributed by atoms with E-state index in [2.05, 4.69) is 10.2 Å². The number of non-ortho nitro benzene ring substituents is 1. The van der Waals surface area contributed by atoms with E-state index in [-0.39, 0.29) is 11.7 Å². The maximum atomic E-state index is 11.0. The number of nitriles is 1. The minimum atomic E-state index is -0.404. The molecule has 0 aliphatic rings. The summed E-state index contributed by atoms with van der Waals surface area (Å²) < 4.78 is 1.97. The van der Waals surface area contributed by atoms with Gasteiger partial charge in [0.15, 0.2) is 0 Å². The number of nitro benzene ring substituents is 1. The molecule has 1 N–H and O–H groups in total. The Morgan fingerprint density at radius 3 is 2.77 bits per heavy atom. The molecule has 0 unspecified atom stereocenters. The van der Waals surface area contributed by atoms with Gasteiger partial charge >= 0.3 is 0 Å². The molecule has 2 aromatic heterocycles. The number of hydrogen-bond donors (Lipinski definition) is 1. The van der Waals surface area contributed by atoms with Gasteiger partial charge in [0.1, 0.15) is 11.8 Å². The second-order valence-corrected chi connectivity index (χ2v) is 5.28. The second kappa shape index (κ2) is 5.00. The first kappa shape index (κ1) is 13.8. The highest BCUT2D eigenvalue weighted by Gasteiger charge is 2.17. The molecule has 0 bridgehead atoms. The number of aromatic nitrogens is 3. The number of rotatable bonds is 3. The van der Waals surface area contributed by atoms with Crippen molar-refractivity contribution in [3.63, 3.8) is 0 Å². The van der Waals surface area contributed by atoms with Gasteiger partial charge in [-0.05, 0) is 19.9 Å². The van der Waals surface area contributed by atoms with Crippen molar-refractivity contribution >= 4 is 16.6 Å². The molecule has 0 saturated heterocycles. The molecule has 0 fully saturated rings. The summed E-state index contributed by atoms with van der Waals surface area (Å²) >= 11 is 0. The summed E-state index contributed by atoms with van der Waals surface area (Å²) in [5.74, 6) is 0. The van der Waals surface area contributed by atoms with Gasteiger partial charge in [-0.15, -0.1) is 0 Å². The Hall–Kier alpha value is -3.14. The van der Waals surface area contributed by atoms with Crippen LogP contribution in [0.5, 0.6) is 0 Å². The van der Waals surface area contributed by atoms with Crippen LogP contribution in [-0.2, 0) is 0 Å². The van der Waals surface area contributed by atoms with Gasteiger partial charge in [-0.2, -0.15) is 10.4 Å². The van der Waals surface area contributed by atoms with Crippen LogP contribution < -0.4 is 0 Å². The van der Waals surface area contributed by atoms with E-state index in [1.165, 1.54) is 6.07 Å². The van der Waals surface area contributed by atoms with Crippen LogP contribution >= 0.6 is 0 Å². The third kappa shape index (κ3) is 2.11. The van der Waals surface area contributed by atoms with Crippen LogP contribution in [0.4, 0.5) is 5.69 Å². The first-order valence-corrected chi connectivity index (χ1v) is 6.76. The summed E-state index contributed by atoms with van der Waals surface area (Å²) in [6.07, 6.45) is 1.91. The summed E-state index contributed by atoms with van der Waals surface area (Å²) in [6.45, 7) is 4.01. The molecule has 22 heavy (non-hydrogen) atoms. The molecule has 7 nitrogen and oxygen atoms in total. The van der Waals surface area contributed by atoms with Crippen molar-refractivity contribution in [1.29, 1.82) is 5.26 Å². The highest BCUT2D eigenvalue weighted by molar-refractivity contribution is 5.96. The van der Waals surface area contributed by atoms with Crippen LogP contribution in [0.2, 0.25) is 0 Å². The monoisotopic (exact) mass is 295 g/mol. The van der Waals surface area contributed by atoms with Crippen LogP contribution in [0, 0.1) is 21.4 Å². The van der Waals surface area contributed by atoms with Crippen molar-refractivity contribution < 1.29 is 4.92 Å². The maximum Gasteiger partial charge on any atom is 0.271 e. The zero-order chi connectivity index (χ0) is 15.9. The molecule has 3 aromatic rings. The third-order valence-electron chi connectivity index (χ3n) is 3.56. The Balaban J connectivity index is 2.27. The molecule has 1 aromatic carbocycles. The van der Waals surface area contributed by atoms with Crippen molar-refractivity contribution in [1.82, 2.24) is 14.8 Å². The van der Waals surface area contributed by atoms with Crippen molar-refractivity contribution in [3.05, 3.63) is 46.3 Å². The van der Waals surface area contributed by atoms with Crippen molar-refractivity contribution in [3.8, 4) is 17.3 Å². The number of fused-ring (bicyclic) bond motifs is 1. The van der Waals surface area contributed by atoms with Gasteiger partial charge in [0.25, 0.3) is 5.69 Å². The summed E-state index contributed by atoms with van der Waals surface area (Å²) in [4.78, 5) is 10.6. The van der Waals surface area contributed by atoms with Crippen molar-refractivity contribution in [2.75, 3.05) is 0 Å². The Bertz CT molecular complexity index is 914. The standard InChI is InChI=1S/C15H13N5O2/c1-9(2)19-8-13(14-5-10(7-16)17-18-14)12-4-3-11(20(21)22)6-15(12)19/h3-6,8-9H,1-2H3,(H,17,18). The lowest BCUT2D eigenvalue weighted by Crippen LogP contribution is -1.98. The minimum absolute atomic E-state index is 0.0544. The second-order valence-electron chi connectivity index (χ2n) is 5.28. The van der Waals surface area contributed by atoms with E-state index in [0.717, 1.165) is 16.5 Å². The number of nitrogens with zero attached hydrogens (tertiary/aromatic N) is 4. The zero-order valence-electron chi connectivity index (χ0n) is 12.1. The van der Waals surface area contributed by atoms with E-state index in [9.17, 15) is 10.1 Å². The molecule has 0 aliphatic carbocycles. The first-order valence-electron chi connectivity index (χ1n) is 6.76. The van der Waals surface area contributed by atoms with E-state index in [1.54, 1.807) is 18.2 Å². The van der Waals surface area contributed by atoms with Crippen LogP contribution in [0.15, 0.2) is 30.5 Å². The lowest BCUT2D eigenvalue weighted by Gasteiger charge is -2.08. The van der Waals surface area contributed by atoms with E-state index >= 15 is 0 Å². The van der Waals surface area contributed by atoms with E-state index < -0.39 is 4.92 Å². The van der Waals surface area contributed by atoms with E-state index in [1.807, 2.05) is 30.7 Å². The highest BCUT2D eigenvalue weighted by Crippen LogP contribution is 2.33. The Morgan fingerprint density at radius 1 is 1.41 bits per heavy atom. The predicted octanol–water partition coefficient (Wildman–Crippen LogP) is 3.39. The fourth-order valence-corrected chi connectivity index (χ4v) is 2.50. The van der Waals surface area contributed by atoms with Gasteiger partial charge in [0.05, 0.1) is 16.1 Å². The van der Waals surface area contributed by atoms with Gasteiger partial charge in [-0.3, -0.25) is 15.2 Å². The summed E-state index contributed by atoms with van der Waals surface area (Å²) in [7, 11) is 0. The Morgan fingerprint density at radius 2 is 2.18 bits per heavy atom. The molecule has 0 spiro atoms. The number of hydrogen-bond acceptors (Lipinski definition) is 4. The van der Waals surface area contributed by atoms with Gasteiger partial charge < -0.3 is 4.57 Å². The fourth-order valence-electron chi connectivity index (χ4n) is 2.50. The average molecular weight is 295 g/mol. The number of benzene rings is 1. The smallest absolute Gasteiger partial charge is 0.271 e. The molecular weight excluding hydrogens is 282 g/mol. The summed E-state index contributed by atoms with van der Waals surface area (Å²) in [5, 5.41) is 27.6. The third-order valence-corrected chi connectivity index (χ3v) is 3.56. The lowest BCUT2D eigenvalue weighted by atomic mass is 10.1. The fraction of sp³-hybridized carbons (Fsp3) is 0.200. The Kier molecular flexibility index (Phi) is 3.14. The topological polar surface area (TPSA) is 101 Å². The van der Waals surface area contributed by atoms with Crippen LogP contribution in [0.3, 0.4) is 0 Å². The zero-order valence-corrected chi connectivity index (χ0v) is 12.1. The van der Waals surface area contributed by atoms with Crippen molar-refractivity contribution in [2.45, 2.75) is 19.9 Å². The van der Waals surface area contributed by atoms with Crippen LogP contribution in [0.25, 0.3) is 22.2 Å². The quantitative estimate of drug-likeness (QED) is 0.591. The maximum absolute atomic E-state index is 11.0. The molecule has 3 rings (SSSR count). The SMILES string of the molecule is CC(C)n1cc(-c2cc(C#N)[nH]n2)c2ccc([N+](=O)[O-])cc21. The normalized spacial score (nSPS) is 11.0. The van der Waals surface area contributed by atoms with Gasteiger partial charge in [0.2, 0.25) is 0 Å². The van der Waals surface area contributed by atoms with Crippen molar-refractivity contribution in [2.24, 2.45) is 0 Å². The molecule has 0 aliphatic heterocycles. The predicted molar refractivity (Wildman–Crippen MR) is 81.3 cm³/mol. The molecule has 0 radical (unpaired) electrons. The number of H-pyrrole nitrogens is 1. The van der Waals surface area contributed by atoms with Crippen LogP contribution in [0.1, 0.15) is 25.6 Å². The number of nitro groups is 1. The summed E-state index contributed by atoms with van der Waals surface area (Å²) in [6, 6.07) is 8.59. The summed E-state index contributed by atoms with van der Waals surface area (Å²) in [5.41, 5.74) is 2.70. The average Bonchev–Trinajstić information content (AvgIpc) is 3.10. The van der Waals surface area contributed by atoms with Gasteiger partial charge in [-0.25, -0.2) is 0 Å². The number of nitrogens with one attached hydrogen (secondary N) is 1. The van der Waals surface area contributed by atoms with Gasteiger partial charge in [0, 0.05) is 41.4 Å². The van der Waals surface area contributed by atoms with Crippen LogP contribution in [-0.4, -0.2) is 19.7 Å². The van der Waals surface area contributed by atoms with E-state index in [4.69, 9.17) is 5.26 Å². The Labute approximate surface area is 125 Å². The largest absolute Gasteiger partial charge is 0.344 e. The van der Waals surface area contributed by atoms with E-state index in [0.29, 0.717) is 11.4 Å². The molecular formula is C15H13N5O2. The molecule has 110 valence electrons. The number of aromatic amines is 1. The highest BCUT2D eigenvalue weighted by atomic mass is 16.6. The minimum Gasteiger partial charge on any atom is -0.344 e. The lowest BCUT2D eigenvalue weighted by molar-refractivity contribution is -0.384.